The molecule has 1 aromatic carbocycles. The van der Waals surface area contributed by atoms with E-state index in [1.54, 1.807) is 9.80 Å². The number of hydrogen-bond donors (Lipinski definition) is 1. The number of para-hydroxylation sites is 1. The Labute approximate surface area is 145 Å². The summed E-state index contributed by atoms with van der Waals surface area (Å²) in [6, 6.07) is 7.40. The zero-order valence-electron chi connectivity index (χ0n) is 13.8. The molecule has 3 heterocycles. The van der Waals surface area contributed by atoms with E-state index in [1.807, 2.05) is 24.3 Å². The van der Waals surface area contributed by atoms with Gasteiger partial charge in [-0.1, -0.05) is 18.2 Å². The molecule has 1 N–H and O–H groups in total. The summed E-state index contributed by atoms with van der Waals surface area (Å²) in [5.41, 5.74) is -0.289. The van der Waals surface area contributed by atoms with Crippen molar-refractivity contribution < 1.29 is 24.2 Å². The minimum Gasteiger partial charge on any atom is -0.492 e. The van der Waals surface area contributed by atoms with E-state index in [4.69, 9.17) is 4.74 Å². The smallest absolute Gasteiger partial charge is 0.315 e. The van der Waals surface area contributed by atoms with Gasteiger partial charge in [0.15, 0.2) is 0 Å². The maximum absolute atomic E-state index is 12.7. The minimum absolute atomic E-state index is 0.00779. The number of carbonyl (C=O) groups excluding carboxylic acids is 2. The number of carbonyl (C=O) groups is 3. The molecule has 0 aliphatic carbocycles. The van der Waals surface area contributed by atoms with Crippen LogP contribution in [0, 0.1) is 5.41 Å². The third kappa shape index (κ3) is 2.45. The van der Waals surface area contributed by atoms with Crippen LogP contribution in [0.4, 0.5) is 0 Å². The van der Waals surface area contributed by atoms with Crippen molar-refractivity contribution in [2.45, 2.75) is 18.8 Å². The Bertz CT molecular complexity index is 749. The van der Waals surface area contributed by atoms with E-state index in [0.29, 0.717) is 25.3 Å². The number of nitrogens with zero attached hydrogens (tertiary/aromatic N) is 2. The van der Waals surface area contributed by atoms with Crippen LogP contribution in [0.3, 0.4) is 0 Å². The number of ether oxygens (including phenoxy) is 1. The third-order valence-electron chi connectivity index (χ3n) is 5.60. The lowest BCUT2D eigenvalue weighted by atomic mass is 9.73. The predicted molar refractivity (Wildman–Crippen MR) is 87.1 cm³/mol. The van der Waals surface area contributed by atoms with Crippen LogP contribution in [0.5, 0.6) is 5.75 Å². The van der Waals surface area contributed by atoms with Gasteiger partial charge in [-0.25, -0.2) is 0 Å². The summed E-state index contributed by atoms with van der Waals surface area (Å²) >= 11 is 0. The molecule has 1 aromatic rings. The molecule has 0 unspecified atom stereocenters. The van der Waals surface area contributed by atoms with Gasteiger partial charge in [0, 0.05) is 37.5 Å². The Morgan fingerprint density at radius 2 is 2.12 bits per heavy atom. The van der Waals surface area contributed by atoms with E-state index in [2.05, 4.69) is 0 Å². The van der Waals surface area contributed by atoms with Crippen LogP contribution in [0.1, 0.15) is 24.3 Å². The Kier molecular flexibility index (Phi) is 3.67. The topological polar surface area (TPSA) is 87.2 Å². The van der Waals surface area contributed by atoms with E-state index >= 15 is 0 Å². The number of hydrogen-bond acceptors (Lipinski definition) is 4. The van der Waals surface area contributed by atoms with Crippen LogP contribution in [-0.4, -0.2) is 65.5 Å². The quantitative estimate of drug-likeness (QED) is 0.872. The first-order valence-corrected chi connectivity index (χ1v) is 8.52. The summed E-state index contributed by atoms with van der Waals surface area (Å²) in [7, 11) is 0. The molecule has 0 spiro atoms. The van der Waals surface area contributed by atoms with Gasteiger partial charge in [0.05, 0.1) is 6.54 Å². The Morgan fingerprint density at radius 3 is 2.84 bits per heavy atom. The fourth-order valence-electron chi connectivity index (χ4n) is 4.16. The second-order valence-electron chi connectivity index (χ2n) is 7.03. The summed E-state index contributed by atoms with van der Waals surface area (Å²) in [5, 5.41) is 9.87. The second-order valence-corrected chi connectivity index (χ2v) is 7.03. The predicted octanol–water partition coefficient (Wildman–Crippen LogP) is 0.698. The SMILES string of the molecule is O=C1CCCN1CC(=O)N1C[C@H]2c3ccccc3OC[C@@]2(C(=O)O)C1. The van der Waals surface area contributed by atoms with Crippen molar-refractivity contribution in [3.63, 3.8) is 0 Å². The van der Waals surface area contributed by atoms with Gasteiger partial charge in [0.25, 0.3) is 0 Å². The van der Waals surface area contributed by atoms with Gasteiger partial charge in [-0.05, 0) is 12.5 Å². The molecule has 0 saturated carbocycles. The maximum atomic E-state index is 12.7. The highest BCUT2D eigenvalue weighted by Crippen LogP contribution is 2.49. The van der Waals surface area contributed by atoms with E-state index in [1.165, 1.54) is 0 Å². The Hall–Kier alpha value is -2.57. The lowest BCUT2D eigenvalue weighted by Gasteiger charge is -2.35. The molecule has 0 bridgehead atoms. The molecule has 7 nitrogen and oxygen atoms in total. The summed E-state index contributed by atoms with van der Waals surface area (Å²) in [4.78, 5) is 39.6. The van der Waals surface area contributed by atoms with Gasteiger partial charge < -0.3 is 19.6 Å². The molecule has 2 saturated heterocycles. The van der Waals surface area contributed by atoms with Gasteiger partial charge >= 0.3 is 5.97 Å². The lowest BCUT2D eigenvalue weighted by molar-refractivity contribution is -0.152. The highest BCUT2D eigenvalue weighted by molar-refractivity contribution is 5.87. The first kappa shape index (κ1) is 15.9. The molecule has 2 amide bonds. The molecular weight excluding hydrogens is 324 g/mol. The van der Waals surface area contributed by atoms with Crippen LogP contribution in [0.15, 0.2) is 24.3 Å². The van der Waals surface area contributed by atoms with Crippen LogP contribution in [0.25, 0.3) is 0 Å². The number of likely N-dealkylation sites (tertiary alicyclic amines) is 2. The summed E-state index contributed by atoms with van der Waals surface area (Å²) < 4.78 is 5.70. The molecule has 3 aliphatic rings. The zero-order chi connectivity index (χ0) is 17.6. The average Bonchev–Trinajstić information content (AvgIpc) is 3.19. The summed E-state index contributed by atoms with van der Waals surface area (Å²) in [6.45, 7) is 1.13. The molecule has 25 heavy (non-hydrogen) atoms. The molecule has 0 radical (unpaired) electrons. The van der Waals surface area contributed by atoms with Crippen molar-refractivity contribution >= 4 is 17.8 Å². The van der Waals surface area contributed by atoms with Crippen molar-refractivity contribution in [1.29, 1.82) is 0 Å². The van der Waals surface area contributed by atoms with Crippen molar-refractivity contribution in [2.75, 3.05) is 32.8 Å². The van der Waals surface area contributed by atoms with E-state index in [-0.39, 0.29) is 37.4 Å². The van der Waals surface area contributed by atoms with E-state index in [9.17, 15) is 19.5 Å². The molecule has 7 heteroatoms. The number of rotatable bonds is 3. The largest absolute Gasteiger partial charge is 0.492 e. The maximum Gasteiger partial charge on any atom is 0.315 e. The second kappa shape index (κ2) is 5.75. The van der Waals surface area contributed by atoms with Crippen LogP contribution in [0.2, 0.25) is 0 Å². The molecule has 2 fully saturated rings. The Balaban J connectivity index is 1.59. The first-order valence-electron chi connectivity index (χ1n) is 8.52. The lowest BCUT2D eigenvalue weighted by Crippen LogP contribution is -2.46. The fourth-order valence-corrected chi connectivity index (χ4v) is 4.16. The molecule has 0 aromatic heterocycles. The zero-order valence-corrected chi connectivity index (χ0v) is 13.8. The minimum atomic E-state index is -1.13. The molecule has 4 rings (SSSR count). The highest BCUT2D eigenvalue weighted by Gasteiger charge is 2.57. The molecule has 2 atom stereocenters. The number of carboxylic acid groups (broad SMARTS) is 1. The Morgan fingerprint density at radius 1 is 1.32 bits per heavy atom. The van der Waals surface area contributed by atoms with Gasteiger partial charge in [-0.2, -0.15) is 0 Å². The third-order valence-corrected chi connectivity index (χ3v) is 5.60. The van der Waals surface area contributed by atoms with Crippen molar-refractivity contribution in [3.05, 3.63) is 29.8 Å². The normalized spacial score (nSPS) is 27.7. The van der Waals surface area contributed by atoms with Gasteiger partial charge in [0.2, 0.25) is 11.8 Å². The van der Waals surface area contributed by atoms with Crippen molar-refractivity contribution in [1.82, 2.24) is 9.80 Å². The van der Waals surface area contributed by atoms with Crippen LogP contribution >= 0.6 is 0 Å². The number of fused-ring (bicyclic) bond motifs is 3. The van der Waals surface area contributed by atoms with Gasteiger partial charge in [0.1, 0.15) is 17.8 Å². The van der Waals surface area contributed by atoms with Crippen molar-refractivity contribution in [3.8, 4) is 5.75 Å². The highest BCUT2D eigenvalue weighted by atomic mass is 16.5. The van der Waals surface area contributed by atoms with Gasteiger partial charge in [-0.15, -0.1) is 0 Å². The molecule has 132 valence electrons. The first-order chi connectivity index (χ1) is 12.0. The van der Waals surface area contributed by atoms with E-state index < -0.39 is 11.4 Å². The van der Waals surface area contributed by atoms with Crippen molar-refractivity contribution in [2.24, 2.45) is 5.41 Å². The molecular formula is C18H20N2O5. The van der Waals surface area contributed by atoms with Crippen LogP contribution < -0.4 is 4.74 Å². The summed E-state index contributed by atoms with van der Waals surface area (Å²) in [6.07, 6.45) is 1.26. The van der Waals surface area contributed by atoms with Crippen LogP contribution in [-0.2, 0) is 14.4 Å². The number of aliphatic carboxylic acids is 1. The fraction of sp³-hybridized carbons (Fsp3) is 0.500. The number of amides is 2. The summed E-state index contributed by atoms with van der Waals surface area (Å²) in [5.74, 6) is -0.754. The average molecular weight is 344 g/mol. The molecule has 3 aliphatic heterocycles. The monoisotopic (exact) mass is 344 g/mol. The standard InChI is InChI=1S/C18H20N2O5/c21-15-6-3-7-19(15)9-16(22)20-8-13-12-4-1-2-5-14(12)25-11-18(13,10-20)17(23)24/h1-2,4-5,13H,3,6-11H2,(H,23,24)/t13-,18-/m0/s1. The number of benzene rings is 1. The van der Waals surface area contributed by atoms with E-state index in [0.717, 1.165) is 12.0 Å². The van der Waals surface area contributed by atoms with Gasteiger partial charge in [-0.3, -0.25) is 14.4 Å². The number of carboxylic acids is 1.